The lowest BCUT2D eigenvalue weighted by molar-refractivity contribution is 1.12. The van der Waals surface area contributed by atoms with Gasteiger partial charge in [0, 0.05) is 54.7 Å². The van der Waals surface area contributed by atoms with Crippen LogP contribution in [0.2, 0.25) is 0 Å². The van der Waals surface area contributed by atoms with Gasteiger partial charge in [-0.3, -0.25) is 0 Å². The molecule has 4 heteroatoms. The Hall–Kier alpha value is -9.90. The molecule has 3 aromatic heterocycles. The molecule has 344 valence electrons. The average molecular weight is 941 g/mol. The molecule has 0 saturated carbocycles. The summed E-state index contributed by atoms with van der Waals surface area (Å²) in [6, 6.07) is 99.2. The van der Waals surface area contributed by atoms with Gasteiger partial charge >= 0.3 is 0 Å². The number of hydrogen-bond acceptors (Lipinski definition) is 0. The zero-order valence-corrected chi connectivity index (χ0v) is 40.2. The van der Waals surface area contributed by atoms with Crippen molar-refractivity contribution in [2.75, 3.05) is 0 Å². The molecule has 13 aromatic carbocycles. The van der Waals surface area contributed by atoms with Crippen molar-refractivity contribution < 1.29 is 0 Å². The summed E-state index contributed by atoms with van der Waals surface area (Å²) in [5.74, 6) is 0. The van der Waals surface area contributed by atoms with Crippen LogP contribution in [0, 0.1) is 0 Å². The third kappa shape index (κ3) is 6.03. The molecule has 0 spiro atoms. The number of benzene rings is 13. The standard InChI is InChI=1S/C70H44N4/c1-2-16-49-40-54(37-34-45(49)14-1)73-65-27-7-5-23-58(65)60-25-12-30-67(69(60)73)71-52-20-9-18-50(41-52)51-19-10-21-53(42-51)72(56-39-36-48-33-32-47-35-38-55(71)43-62(47)63(48)44-56)68-31-13-26-61-59-24-6-8-28-66(59)74(70(61)68)64-29-11-17-46-15-3-4-22-57(46)64/h1-44H. The lowest BCUT2D eigenvalue weighted by atomic mass is 10.0. The Kier molecular flexibility index (Phi) is 8.71. The number of hydrogen-bond donors (Lipinski definition) is 0. The molecule has 16 rings (SSSR count). The summed E-state index contributed by atoms with van der Waals surface area (Å²) < 4.78 is 9.95. The minimum Gasteiger partial charge on any atom is -0.308 e. The van der Waals surface area contributed by atoms with Crippen molar-refractivity contribution in [3.63, 3.8) is 0 Å². The third-order valence-electron chi connectivity index (χ3n) is 15.7. The third-order valence-corrected chi connectivity index (χ3v) is 15.7. The molecule has 74 heavy (non-hydrogen) atoms. The van der Waals surface area contributed by atoms with Gasteiger partial charge in [0.15, 0.2) is 0 Å². The van der Waals surface area contributed by atoms with E-state index in [0.29, 0.717) is 0 Å². The van der Waals surface area contributed by atoms with Crippen molar-refractivity contribution in [2.45, 2.75) is 0 Å². The fourth-order valence-electron chi connectivity index (χ4n) is 12.4. The smallest absolute Gasteiger partial charge is 0.0782 e. The Labute approximate surface area is 425 Å². The molecule has 3 heterocycles. The monoisotopic (exact) mass is 940 g/mol. The zero-order valence-electron chi connectivity index (χ0n) is 40.2. The minimum atomic E-state index is 1.08. The molecule has 8 bridgehead atoms. The number of rotatable bonds is 4. The first kappa shape index (κ1) is 40.8. The summed E-state index contributed by atoms with van der Waals surface area (Å²) in [7, 11) is 0. The molecule has 0 amide bonds. The Morgan fingerprint density at radius 3 is 1.22 bits per heavy atom. The largest absolute Gasteiger partial charge is 0.308 e. The van der Waals surface area contributed by atoms with Crippen LogP contribution in [-0.4, -0.2) is 18.3 Å². The predicted octanol–water partition coefficient (Wildman–Crippen LogP) is 18.7. The van der Waals surface area contributed by atoms with E-state index in [-0.39, 0.29) is 0 Å². The Morgan fingerprint density at radius 2 is 0.581 bits per heavy atom. The van der Waals surface area contributed by atoms with Gasteiger partial charge < -0.3 is 18.3 Å². The van der Waals surface area contributed by atoms with Gasteiger partial charge in [-0.2, -0.15) is 0 Å². The van der Waals surface area contributed by atoms with Gasteiger partial charge in [-0.1, -0.05) is 176 Å². The molecule has 0 N–H and O–H groups in total. The van der Waals surface area contributed by atoms with Gasteiger partial charge in [0.05, 0.1) is 39.1 Å². The fourth-order valence-corrected chi connectivity index (χ4v) is 12.4. The molecular weight excluding hydrogens is 897 g/mol. The van der Waals surface area contributed by atoms with E-state index in [1.807, 2.05) is 0 Å². The molecule has 0 aliphatic carbocycles. The van der Waals surface area contributed by atoms with Crippen LogP contribution in [0.15, 0.2) is 267 Å². The molecule has 0 saturated heterocycles. The van der Waals surface area contributed by atoms with Crippen molar-refractivity contribution in [3.8, 4) is 22.7 Å². The first-order chi connectivity index (χ1) is 36.7. The molecule has 0 aliphatic heterocycles. The van der Waals surface area contributed by atoms with Crippen LogP contribution >= 0.6 is 0 Å². The summed E-state index contributed by atoms with van der Waals surface area (Å²) in [6.45, 7) is 0. The van der Waals surface area contributed by atoms with Crippen LogP contribution in [0.4, 0.5) is 0 Å². The highest BCUT2D eigenvalue weighted by Crippen LogP contribution is 2.41. The highest BCUT2D eigenvalue weighted by Gasteiger charge is 2.21. The summed E-state index contributed by atoms with van der Waals surface area (Å²) in [5.41, 5.74) is 13.5. The maximum absolute atomic E-state index is 2.50. The maximum atomic E-state index is 2.50. The van der Waals surface area contributed by atoms with E-state index in [4.69, 9.17) is 0 Å². The van der Waals surface area contributed by atoms with Crippen molar-refractivity contribution in [1.82, 2.24) is 18.3 Å². The lowest BCUT2D eigenvalue weighted by Gasteiger charge is -2.18. The maximum Gasteiger partial charge on any atom is 0.0782 e. The van der Waals surface area contributed by atoms with Gasteiger partial charge in [0.2, 0.25) is 0 Å². The van der Waals surface area contributed by atoms with E-state index >= 15 is 0 Å². The Balaban J connectivity index is 1.05. The second-order valence-electron chi connectivity index (χ2n) is 19.7. The normalized spacial score (nSPS) is 12.1. The Bertz CT molecular complexity index is 5090. The lowest BCUT2D eigenvalue weighted by Crippen LogP contribution is -2.03. The molecular formula is C70H44N4. The van der Waals surface area contributed by atoms with Crippen molar-refractivity contribution in [2.24, 2.45) is 0 Å². The molecule has 0 radical (unpaired) electrons. The van der Waals surface area contributed by atoms with Crippen molar-refractivity contribution in [3.05, 3.63) is 267 Å². The SMILES string of the molecule is c1ccc2cc(-n3c4ccccc4c4cccc(-n5c6cccc(c6)c6cccc(c6)n(-c6cccc7c8ccccc8n(-c8cccc9ccccc89)c67)c6ccc7ccc8ccc5cc8c7c6)c43)ccc2c1. The van der Waals surface area contributed by atoms with Crippen LogP contribution < -0.4 is 0 Å². The van der Waals surface area contributed by atoms with Crippen molar-refractivity contribution in [1.29, 1.82) is 0 Å². The average Bonchev–Trinajstić information content (AvgIpc) is 4.03. The topological polar surface area (TPSA) is 19.7 Å². The van der Waals surface area contributed by atoms with Crippen LogP contribution in [0.25, 0.3) is 142 Å². The molecule has 0 atom stereocenters. The van der Waals surface area contributed by atoms with Crippen LogP contribution in [0.5, 0.6) is 0 Å². The summed E-state index contributed by atoms with van der Waals surface area (Å²) >= 11 is 0. The summed E-state index contributed by atoms with van der Waals surface area (Å²) in [4.78, 5) is 0. The van der Waals surface area contributed by atoms with Crippen LogP contribution in [0.3, 0.4) is 0 Å². The van der Waals surface area contributed by atoms with E-state index in [1.54, 1.807) is 0 Å². The Morgan fingerprint density at radius 1 is 0.189 bits per heavy atom. The van der Waals surface area contributed by atoms with E-state index in [0.717, 1.165) is 66.6 Å². The van der Waals surface area contributed by atoms with Crippen LogP contribution in [0.1, 0.15) is 0 Å². The quantitative estimate of drug-likeness (QED) is 0.157. The van der Waals surface area contributed by atoms with Crippen LogP contribution in [-0.2, 0) is 0 Å². The first-order valence-electron chi connectivity index (χ1n) is 25.5. The van der Waals surface area contributed by atoms with E-state index in [2.05, 4.69) is 285 Å². The van der Waals surface area contributed by atoms with Gasteiger partial charge in [-0.05, 0) is 139 Å². The van der Waals surface area contributed by atoms with Gasteiger partial charge in [-0.25, -0.2) is 0 Å². The summed E-state index contributed by atoms with van der Waals surface area (Å²) in [6.07, 6.45) is 0. The molecule has 0 aliphatic rings. The highest BCUT2D eigenvalue weighted by atomic mass is 15.1. The van der Waals surface area contributed by atoms with Crippen molar-refractivity contribution >= 4 is 120 Å². The fraction of sp³-hybridized carbons (Fsp3) is 0. The predicted molar refractivity (Wildman–Crippen MR) is 314 cm³/mol. The van der Waals surface area contributed by atoms with Gasteiger partial charge in [0.25, 0.3) is 0 Å². The molecule has 0 fully saturated rings. The second kappa shape index (κ2) is 15.8. The second-order valence-corrected chi connectivity index (χ2v) is 19.7. The number of fused-ring (bicyclic) bond motifs is 15. The first-order valence-corrected chi connectivity index (χ1v) is 25.5. The molecule has 4 nitrogen and oxygen atoms in total. The molecule has 16 aromatic rings. The number of para-hydroxylation sites is 4. The van der Waals surface area contributed by atoms with E-state index in [9.17, 15) is 0 Å². The molecule has 0 unspecified atom stereocenters. The van der Waals surface area contributed by atoms with E-state index in [1.165, 1.54) is 75.7 Å². The zero-order chi connectivity index (χ0) is 48.4. The number of aromatic nitrogens is 4. The van der Waals surface area contributed by atoms with Gasteiger partial charge in [-0.15, -0.1) is 0 Å². The highest BCUT2D eigenvalue weighted by molar-refractivity contribution is 6.16. The number of nitrogens with zero attached hydrogens (tertiary/aromatic N) is 4. The minimum absolute atomic E-state index is 1.08. The summed E-state index contributed by atoms with van der Waals surface area (Å²) in [5, 5.41) is 16.8. The van der Waals surface area contributed by atoms with Gasteiger partial charge in [0.1, 0.15) is 0 Å². The van der Waals surface area contributed by atoms with E-state index < -0.39 is 0 Å².